The molecule has 0 atom stereocenters. The Hall–Kier alpha value is -3.26. The first-order valence-electron chi connectivity index (χ1n) is 10.3. The van der Waals surface area contributed by atoms with Gasteiger partial charge in [0.25, 0.3) is 0 Å². The van der Waals surface area contributed by atoms with Crippen molar-refractivity contribution in [1.82, 2.24) is 30.4 Å². The largest absolute Gasteiger partial charge is 0.335 e. The van der Waals surface area contributed by atoms with Crippen molar-refractivity contribution in [2.45, 2.75) is 32.2 Å². The molecule has 0 bridgehead atoms. The Morgan fingerprint density at radius 3 is 2.73 bits per heavy atom. The molecular formula is C22H27N7O. The first kappa shape index (κ1) is 20.0. The van der Waals surface area contributed by atoms with Crippen molar-refractivity contribution in [2.24, 2.45) is 0 Å². The van der Waals surface area contributed by atoms with Crippen molar-refractivity contribution < 1.29 is 4.79 Å². The Bertz CT molecular complexity index is 964. The van der Waals surface area contributed by atoms with Gasteiger partial charge in [-0.2, -0.15) is 5.10 Å². The fraction of sp³-hybridized carbons (Fsp3) is 0.364. The summed E-state index contributed by atoms with van der Waals surface area (Å²) in [4.78, 5) is 23.3. The maximum Gasteiger partial charge on any atom is 0.319 e. The van der Waals surface area contributed by atoms with E-state index >= 15 is 0 Å². The van der Waals surface area contributed by atoms with E-state index in [4.69, 9.17) is 0 Å². The second-order valence-corrected chi connectivity index (χ2v) is 7.65. The van der Waals surface area contributed by atoms with E-state index in [1.54, 1.807) is 0 Å². The van der Waals surface area contributed by atoms with Gasteiger partial charge in [-0.05, 0) is 56.0 Å². The minimum Gasteiger partial charge on any atom is -0.335 e. The summed E-state index contributed by atoms with van der Waals surface area (Å²) in [5.41, 5.74) is 2.90. The number of aromatic nitrogens is 4. The number of hydrogen-bond acceptors (Lipinski definition) is 5. The molecule has 3 N–H and O–H groups in total. The number of hydrogen-bond donors (Lipinski definition) is 3. The normalized spacial score (nSPS) is 15.1. The van der Waals surface area contributed by atoms with Crippen LogP contribution in [-0.2, 0) is 6.42 Å². The summed E-state index contributed by atoms with van der Waals surface area (Å²) in [6, 6.07) is 11.7. The molecule has 4 rings (SSSR count). The number of likely N-dealkylation sites (tertiary alicyclic amines) is 1. The Labute approximate surface area is 176 Å². The molecule has 8 nitrogen and oxygen atoms in total. The van der Waals surface area contributed by atoms with Gasteiger partial charge in [0.15, 0.2) is 5.82 Å². The molecule has 0 radical (unpaired) electrons. The lowest BCUT2D eigenvalue weighted by molar-refractivity contribution is 0.197. The van der Waals surface area contributed by atoms with Gasteiger partial charge in [-0.15, -0.1) is 0 Å². The van der Waals surface area contributed by atoms with Crippen molar-refractivity contribution in [1.29, 1.82) is 0 Å². The van der Waals surface area contributed by atoms with E-state index in [0.29, 0.717) is 5.82 Å². The first-order valence-corrected chi connectivity index (χ1v) is 10.3. The summed E-state index contributed by atoms with van der Waals surface area (Å²) >= 11 is 0. The highest BCUT2D eigenvalue weighted by Crippen LogP contribution is 2.19. The summed E-state index contributed by atoms with van der Waals surface area (Å²) in [6.07, 6.45) is 6.63. The molecule has 1 saturated heterocycles. The first-order chi connectivity index (χ1) is 14.7. The van der Waals surface area contributed by atoms with E-state index in [1.807, 2.05) is 43.6 Å². The predicted octanol–water partition coefficient (Wildman–Crippen LogP) is 3.00. The number of nitrogens with one attached hydrogen (secondary N) is 3. The minimum atomic E-state index is -0.173. The summed E-state index contributed by atoms with van der Waals surface area (Å²) < 4.78 is 0. The fourth-order valence-corrected chi connectivity index (χ4v) is 3.70. The number of aromatic amines is 1. The maximum atomic E-state index is 12.4. The molecular weight excluding hydrogens is 378 g/mol. The second-order valence-electron chi connectivity index (χ2n) is 7.65. The lowest BCUT2D eigenvalue weighted by atomic mass is 10.0. The molecule has 30 heavy (non-hydrogen) atoms. The predicted molar refractivity (Wildman–Crippen MR) is 116 cm³/mol. The standard InChI is InChI=1S/C22H27N7O/c1-16-24-21(28-27-16)18-3-2-4-20(15-18)26-22(30)25-19-8-13-29(14-9-19)12-7-17-5-10-23-11-6-17/h2-6,10-11,15,19H,7-9,12-14H2,1H3,(H,24,27,28)(H2,25,26,30). The molecule has 2 amide bonds. The summed E-state index contributed by atoms with van der Waals surface area (Å²) in [7, 11) is 0. The summed E-state index contributed by atoms with van der Waals surface area (Å²) in [5, 5.41) is 13.0. The van der Waals surface area contributed by atoms with Gasteiger partial charge in [-0.1, -0.05) is 12.1 Å². The van der Waals surface area contributed by atoms with Crippen LogP contribution in [0.25, 0.3) is 11.4 Å². The van der Waals surface area contributed by atoms with Crippen LogP contribution < -0.4 is 10.6 Å². The number of H-pyrrole nitrogens is 1. The zero-order valence-corrected chi connectivity index (χ0v) is 17.1. The Balaban J connectivity index is 1.22. The van der Waals surface area contributed by atoms with Crippen molar-refractivity contribution in [3.63, 3.8) is 0 Å². The number of piperidine rings is 1. The van der Waals surface area contributed by atoms with E-state index in [0.717, 1.165) is 56.0 Å². The number of amides is 2. The molecule has 0 saturated carbocycles. The second kappa shape index (κ2) is 9.49. The van der Waals surface area contributed by atoms with E-state index < -0.39 is 0 Å². The molecule has 1 fully saturated rings. The summed E-state index contributed by atoms with van der Waals surface area (Å²) in [6.45, 7) is 4.89. The van der Waals surface area contributed by atoms with Crippen LogP contribution in [0.4, 0.5) is 10.5 Å². The zero-order valence-electron chi connectivity index (χ0n) is 17.1. The van der Waals surface area contributed by atoms with Crippen LogP contribution in [0.3, 0.4) is 0 Å². The third kappa shape index (κ3) is 5.42. The van der Waals surface area contributed by atoms with Crippen molar-refractivity contribution in [3.8, 4) is 11.4 Å². The lowest BCUT2D eigenvalue weighted by Crippen LogP contribution is -2.46. The summed E-state index contributed by atoms with van der Waals surface area (Å²) in [5.74, 6) is 1.38. The van der Waals surface area contributed by atoms with E-state index in [9.17, 15) is 4.79 Å². The number of pyridine rings is 1. The molecule has 3 aromatic rings. The van der Waals surface area contributed by atoms with Gasteiger partial charge >= 0.3 is 6.03 Å². The van der Waals surface area contributed by atoms with Gasteiger partial charge in [-0.25, -0.2) is 9.78 Å². The van der Waals surface area contributed by atoms with Gasteiger partial charge in [0.1, 0.15) is 5.82 Å². The SMILES string of the molecule is Cc1nc(-c2cccc(NC(=O)NC3CCN(CCc4ccncc4)CC3)c2)n[nH]1. The van der Waals surface area contributed by atoms with E-state index in [1.165, 1.54) is 5.56 Å². The number of aryl methyl sites for hydroxylation is 1. The Morgan fingerprint density at radius 2 is 2.00 bits per heavy atom. The van der Waals surface area contributed by atoms with Gasteiger partial charge in [0, 0.05) is 49.3 Å². The molecule has 2 aromatic heterocycles. The number of urea groups is 1. The quantitative estimate of drug-likeness (QED) is 0.586. The van der Waals surface area contributed by atoms with Crippen LogP contribution in [0, 0.1) is 6.92 Å². The number of rotatable bonds is 6. The average molecular weight is 406 g/mol. The number of anilines is 1. The van der Waals surface area contributed by atoms with E-state index in [2.05, 4.69) is 47.8 Å². The molecule has 0 spiro atoms. The number of carbonyl (C=O) groups excluding carboxylic acids is 1. The lowest BCUT2D eigenvalue weighted by Gasteiger charge is -2.32. The highest BCUT2D eigenvalue weighted by Gasteiger charge is 2.20. The van der Waals surface area contributed by atoms with Crippen molar-refractivity contribution in [2.75, 3.05) is 25.0 Å². The Morgan fingerprint density at radius 1 is 1.20 bits per heavy atom. The molecule has 156 valence electrons. The molecule has 3 heterocycles. The highest BCUT2D eigenvalue weighted by atomic mass is 16.2. The molecule has 1 aliphatic heterocycles. The van der Waals surface area contributed by atoms with Crippen LogP contribution in [0.1, 0.15) is 24.2 Å². The average Bonchev–Trinajstić information content (AvgIpc) is 3.20. The monoisotopic (exact) mass is 405 g/mol. The maximum absolute atomic E-state index is 12.4. The van der Waals surface area contributed by atoms with Crippen molar-refractivity contribution >= 4 is 11.7 Å². The molecule has 0 aliphatic carbocycles. The van der Waals surface area contributed by atoms with Crippen LogP contribution in [0.15, 0.2) is 48.8 Å². The van der Waals surface area contributed by atoms with Gasteiger partial charge in [0.2, 0.25) is 0 Å². The topological polar surface area (TPSA) is 98.8 Å². The fourth-order valence-electron chi connectivity index (χ4n) is 3.70. The number of benzene rings is 1. The molecule has 8 heteroatoms. The number of carbonyl (C=O) groups is 1. The van der Waals surface area contributed by atoms with Crippen molar-refractivity contribution in [3.05, 3.63) is 60.2 Å². The van der Waals surface area contributed by atoms with Crippen LogP contribution in [0.5, 0.6) is 0 Å². The van der Waals surface area contributed by atoms with Crippen LogP contribution in [0.2, 0.25) is 0 Å². The highest BCUT2D eigenvalue weighted by molar-refractivity contribution is 5.90. The van der Waals surface area contributed by atoms with E-state index in [-0.39, 0.29) is 12.1 Å². The van der Waals surface area contributed by atoms with Crippen LogP contribution in [-0.4, -0.2) is 56.8 Å². The smallest absolute Gasteiger partial charge is 0.319 e. The van der Waals surface area contributed by atoms with Gasteiger partial charge < -0.3 is 15.5 Å². The van der Waals surface area contributed by atoms with Crippen LogP contribution >= 0.6 is 0 Å². The van der Waals surface area contributed by atoms with Gasteiger partial charge in [-0.3, -0.25) is 10.1 Å². The molecule has 1 aromatic carbocycles. The number of nitrogens with zero attached hydrogens (tertiary/aromatic N) is 4. The minimum absolute atomic E-state index is 0.173. The molecule has 0 unspecified atom stereocenters. The third-order valence-corrected chi connectivity index (χ3v) is 5.36. The molecule has 1 aliphatic rings. The van der Waals surface area contributed by atoms with Gasteiger partial charge in [0.05, 0.1) is 0 Å². The third-order valence-electron chi connectivity index (χ3n) is 5.36. The Kier molecular flexibility index (Phi) is 6.34. The zero-order chi connectivity index (χ0) is 20.8.